The maximum Gasteiger partial charge on any atom is 0.228 e. The smallest absolute Gasteiger partial charge is 0.228 e. The molecule has 0 N–H and O–H groups in total. The number of amides is 1. The number of aryl methyl sites for hydroxylation is 2. The lowest BCUT2D eigenvalue weighted by molar-refractivity contribution is -0.119. The summed E-state index contributed by atoms with van der Waals surface area (Å²) in [5.74, 6) is 2.28. The van der Waals surface area contributed by atoms with Gasteiger partial charge in [0.1, 0.15) is 17.3 Å². The topological polar surface area (TPSA) is 66.6 Å². The summed E-state index contributed by atoms with van der Waals surface area (Å²) in [6.07, 6.45) is 6.76. The SMILES string of the molecule is Cc1nc([C@@H]2CCCCN2Cc2c(C)nc3ccccn23)nc2c1CCC(=O)N2CC(C)C. The molecule has 33 heavy (non-hydrogen) atoms. The third-order valence-electron chi connectivity index (χ3n) is 7.00. The number of aromatic nitrogens is 4. The van der Waals surface area contributed by atoms with Crippen molar-refractivity contribution >= 4 is 17.4 Å². The van der Waals surface area contributed by atoms with Gasteiger partial charge in [-0.25, -0.2) is 15.0 Å². The van der Waals surface area contributed by atoms with Crippen LogP contribution in [-0.2, 0) is 17.8 Å². The largest absolute Gasteiger partial charge is 0.302 e. The fourth-order valence-corrected chi connectivity index (χ4v) is 5.33. The van der Waals surface area contributed by atoms with Gasteiger partial charge in [-0.2, -0.15) is 0 Å². The zero-order valence-corrected chi connectivity index (χ0v) is 20.2. The molecule has 0 saturated carbocycles. The van der Waals surface area contributed by atoms with Crippen LogP contribution >= 0.6 is 0 Å². The van der Waals surface area contributed by atoms with E-state index in [-0.39, 0.29) is 11.9 Å². The number of pyridine rings is 1. The summed E-state index contributed by atoms with van der Waals surface area (Å²) in [6.45, 7) is 11.0. The van der Waals surface area contributed by atoms with Crippen LogP contribution in [0.1, 0.15) is 74.0 Å². The number of hydrogen-bond acceptors (Lipinski definition) is 5. The van der Waals surface area contributed by atoms with Gasteiger partial charge in [0.2, 0.25) is 5.91 Å². The van der Waals surface area contributed by atoms with E-state index in [0.717, 1.165) is 60.2 Å². The number of fused-ring (bicyclic) bond motifs is 2. The molecule has 7 heteroatoms. The summed E-state index contributed by atoms with van der Waals surface area (Å²) in [4.78, 5) is 32.0. The number of likely N-dealkylation sites (tertiary alicyclic amines) is 1. The molecule has 0 radical (unpaired) electrons. The molecule has 5 rings (SSSR count). The first-order chi connectivity index (χ1) is 15.9. The summed E-state index contributed by atoms with van der Waals surface area (Å²) in [6, 6.07) is 6.29. The first kappa shape index (κ1) is 22.0. The molecule has 0 unspecified atom stereocenters. The first-order valence-corrected chi connectivity index (χ1v) is 12.3. The Hall–Kier alpha value is -2.80. The van der Waals surface area contributed by atoms with Crippen LogP contribution in [0, 0.1) is 19.8 Å². The average molecular weight is 447 g/mol. The fourth-order valence-electron chi connectivity index (χ4n) is 5.33. The first-order valence-electron chi connectivity index (χ1n) is 12.3. The quantitative estimate of drug-likeness (QED) is 0.581. The second-order valence-corrected chi connectivity index (χ2v) is 9.92. The van der Waals surface area contributed by atoms with E-state index in [1.807, 2.05) is 11.0 Å². The number of carbonyl (C=O) groups is 1. The van der Waals surface area contributed by atoms with Crippen molar-refractivity contribution in [1.29, 1.82) is 0 Å². The minimum atomic E-state index is 0.148. The number of nitrogens with zero attached hydrogens (tertiary/aromatic N) is 6. The predicted octanol–water partition coefficient (Wildman–Crippen LogP) is 4.40. The van der Waals surface area contributed by atoms with Crippen LogP contribution in [0.2, 0.25) is 0 Å². The lowest BCUT2D eigenvalue weighted by Crippen LogP contribution is -2.40. The van der Waals surface area contributed by atoms with Crippen molar-refractivity contribution in [1.82, 2.24) is 24.3 Å². The molecule has 1 amide bonds. The molecule has 1 saturated heterocycles. The molecule has 2 aliphatic rings. The highest BCUT2D eigenvalue weighted by Gasteiger charge is 2.32. The molecule has 1 atom stereocenters. The fraction of sp³-hybridized carbons (Fsp3) is 0.538. The van der Waals surface area contributed by atoms with Gasteiger partial charge >= 0.3 is 0 Å². The molecule has 7 nitrogen and oxygen atoms in total. The van der Waals surface area contributed by atoms with Crippen molar-refractivity contribution in [3.8, 4) is 0 Å². The Bertz CT molecular complexity index is 1180. The third kappa shape index (κ3) is 4.14. The molecule has 3 aromatic rings. The summed E-state index contributed by atoms with van der Waals surface area (Å²) in [5.41, 5.74) is 5.44. The lowest BCUT2D eigenvalue weighted by Gasteiger charge is -2.36. The number of piperidine rings is 1. The molecule has 0 aliphatic carbocycles. The Labute approximate surface area is 195 Å². The Balaban J connectivity index is 1.51. The zero-order valence-electron chi connectivity index (χ0n) is 20.2. The minimum absolute atomic E-state index is 0.148. The number of hydrogen-bond donors (Lipinski definition) is 0. The van der Waals surface area contributed by atoms with Gasteiger partial charge in [0.25, 0.3) is 0 Å². The van der Waals surface area contributed by atoms with E-state index in [2.05, 4.69) is 55.3 Å². The second kappa shape index (κ2) is 8.86. The lowest BCUT2D eigenvalue weighted by atomic mass is 9.98. The van der Waals surface area contributed by atoms with Crippen molar-refractivity contribution in [2.45, 2.75) is 72.4 Å². The van der Waals surface area contributed by atoms with Crippen molar-refractivity contribution in [2.24, 2.45) is 5.92 Å². The molecule has 0 aromatic carbocycles. The van der Waals surface area contributed by atoms with Crippen LogP contribution in [0.4, 0.5) is 5.82 Å². The highest BCUT2D eigenvalue weighted by molar-refractivity contribution is 5.95. The standard InChI is InChI=1S/C26H34N6O/c1-17(2)15-32-24(33)12-11-20-18(3)28-25(29-26(20)32)21-9-5-7-13-30(21)16-22-19(4)27-23-10-6-8-14-31(22)23/h6,8,10,14,17,21H,5,7,9,11-13,15-16H2,1-4H3/t21-/m0/s1. The Morgan fingerprint density at radius 1 is 1.06 bits per heavy atom. The number of carbonyl (C=O) groups excluding carboxylic acids is 1. The van der Waals surface area contributed by atoms with E-state index >= 15 is 0 Å². The highest BCUT2D eigenvalue weighted by Crippen LogP contribution is 2.35. The molecule has 174 valence electrons. The molecule has 0 spiro atoms. The van der Waals surface area contributed by atoms with E-state index in [4.69, 9.17) is 15.0 Å². The van der Waals surface area contributed by atoms with Gasteiger partial charge in [0.15, 0.2) is 0 Å². The van der Waals surface area contributed by atoms with Crippen LogP contribution in [-0.4, -0.2) is 43.2 Å². The molecular formula is C26H34N6O. The van der Waals surface area contributed by atoms with Gasteiger partial charge < -0.3 is 4.40 Å². The molecule has 0 bridgehead atoms. The second-order valence-electron chi connectivity index (χ2n) is 9.92. The van der Waals surface area contributed by atoms with E-state index < -0.39 is 0 Å². The maximum atomic E-state index is 12.8. The Morgan fingerprint density at radius 3 is 2.73 bits per heavy atom. The monoisotopic (exact) mass is 446 g/mol. The van der Waals surface area contributed by atoms with Gasteiger partial charge in [-0.1, -0.05) is 26.3 Å². The number of imidazole rings is 1. The summed E-state index contributed by atoms with van der Waals surface area (Å²) >= 11 is 0. The van der Waals surface area contributed by atoms with Gasteiger partial charge in [-0.15, -0.1) is 0 Å². The summed E-state index contributed by atoms with van der Waals surface area (Å²) < 4.78 is 2.20. The summed E-state index contributed by atoms with van der Waals surface area (Å²) in [7, 11) is 0. The van der Waals surface area contributed by atoms with Gasteiger partial charge in [-0.05, 0) is 57.7 Å². The van der Waals surface area contributed by atoms with E-state index in [1.165, 1.54) is 18.5 Å². The molecule has 1 fully saturated rings. The number of anilines is 1. The van der Waals surface area contributed by atoms with E-state index in [9.17, 15) is 4.79 Å². The van der Waals surface area contributed by atoms with Gasteiger partial charge in [0, 0.05) is 37.0 Å². The normalized spacial score (nSPS) is 19.5. The van der Waals surface area contributed by atoms with Crippen molar-refractivity contribution < 1.29 is 4.79 Å². The predicted molar refractivity (Wildman–Crippen MR) is 129 cm³/mol. The Kier molecular flexibility index (Phi) is 5.91. The van der Waals surface area contributed by atoms with E-state index in [0.29, 0.717) is 18.9 Å². The minimum Gasteiger partial charge on any atom is -0.302 e. The van der Waals surface area contributed by atoms with E-state index in [1.54, 1.807) is 0 Å². The summed E-state index contributed by atoms with van der Waals surface area (Å²) in [5, 5.41) is 0. The van der Waals surface area contributed by atoms with Crippen molar-refractivity contribution in [2.75, 3.05) is 18.0 Å². The zero-order chi connectivity index (χ0) is 23.1. The number of rotatable bonds is 5. The molecule has 5 heterocycles. The maximum absolute atomic E-state index is 12.8. The van der Waals surface area contributed by atoms with Crippen LogP contribution in [0.15, 0.2) is 24.4 Å². The van der Waals surface area contributed by atoms with Gasteiger partial charge in [0.05, 0.1) is 17.4 Å². The van der Waals surface area contributed by atoms with Crippen LogP contribution in [0.5, 0.6) is 0 Å². The molecular weight excluding hydrogens is 412 g/mol. The van der Waals surface area contributed by atoms with Crippen molar-refractivity contribution in [3.63, 3.8) is 0 Å². The molecule has 2 aliphatic heterocycles. The Morgan fingerprint density at radius 2 is 1.91 bits per heavy atom. The third-order valence-corrected chi connectivity index (χ3v) is 7.00. The van der Waals surface area contributed by atoms with Crippen LogP contribution in [0.3, 0.4) is 0 Å². The van der Waals surface area contributed by atoms with Crippen LogP contribution < -0.4 is 4.90 Å². The van der Waals surface area contributed by atoms with Gasteiger partial charge in [-0.3, -0.25) is 14.6 Å². The van der Waals surface area contributed by atoms with Crippen LogP contribution in [0.25, 0.3) is 5.65 Å². The average Bonchev–Trinajstić information content (AvgIpc) is 3.11. The molecule has 3 aromatic heterocycles. The van der Waals surface area contributed by atoms with Crippen molar-refractivity contribution in [3.05, 3.63) is 52.9 Å². The highest BCUT2D eigenvalue weighted by atomic mass is 16.2.